The summed E-state index contributed by atoms with van der Waals surface area (Å²) >= 11 is 0. The molecule has 13 heavy (non-hydrogen) atoms. The predicted molar refractivity (Wildman–Crippen MR) is 51.6 cm³/mol. The number of hydrogen-bond acceptors (Lipinski definition) is 3. The van der Waals surface area contributed by atoms with Crippen LogP contribution in [-0.2, 0) is 10.2 Å². The van der Waals surface area contributed by atoms with Gasteiger partial charge < -0.3 is 5.32 Å². The van der Waals surface area contributed by atoms with Crippen LogP contribution in [0.25, 0.3) is 0 Å². The van der Waals surface area contributed by atoms with Gasteiger partial charge in [0, 0.05) is 33.2 Å². The van der Waals surface area contributed by atoms with Gasteiger partial charge in [0.05, 0.1) is 0 Å². The van der Waals surface area contributed by atoms with Crippen molar-refractivity contribution in [3.8, 4) is 0 Å². The summed E-state index contributed by atoms with van der Waals surface area (Å²) in [6, 6.07) is 0.629. The molecule has 0 bridgehead atoms. The van der Waals surface area contributed by atoms with Crippen molar-refractivity contribution in [3.05, 3.63) is 0 Å². The average Bonchev–Trinajstić information content (AvgIpc) is 2.81. The van der Waals surface area contributed by atoms with E-state index in [2.05, 4.69) is 10.0 Å². The summed E-state index contributed by atoms with van der Waals surface area (Å²) in [5.41, 5.74) is 0. The minimum Gasteiger partial charge on any atom is -0.313 e. The summed E-state index contributed by atoms with van der Waals surface area (Å²) in [6.45, 7) is 1.16. The molecule has 0 aromatic carbocycles. The zero-order valence-electron chi connectivity index (χ0n) is 8.08. The van der Waals surface area contributed by atoms with Crippen LogP contribution in [0, 0.1) is 0 Å². The van der Waals surface area contributed by atoms with Gasteiger partial charge >= 0.3 is 0 Å². The van der Waals surface area contributed by atoms with Gasteiger partial charge in [-0.1, -0.05) is 0 Å². The lowest BCUT2D eigenvalue weighted by atomic mass is 10.6. The van der Waals surface area contributed by atoms with Crippen LogP contribution >= 0.6 is 0 Å². The van der Waals surface area contributed by atoms with Gasteiger partial charge in [-0.05, 0) is 12.8 Å². The molecule has 1 aliphatic carbocycles. The molecule has 0 atom stereocenters. The van der Waals surface area contributed by atoms with Crippen LogP contribution in [-0.4, -0.2) is 45.9 Å². The number of nitrogens with one attached hydrogen (secondary N) is 2. The van der Waals surface area contributed by atoms with Crippen molar-refractivity contribution in [2.75, 3.05) is 27.2 Å². The third-order valence-corrected chi connectivity index (χ3v) is 3.43. The number of hydrogen-bond donors (Lipinski definition) is 2. The van der Waals surface area contributed by atoms with Gasteiger partial charge in [0.1, 0.15) is 0 Å². The van der Waals surface area contributed by atoms with Crippen molar-refractivity contribution in [2.24, 2.45) is 0 Å². The van der Waals surface area contributed by atoms with Gasteiger partial charge in [-0.15, -0.1) is 0 Å². The highest BCUT2D eigenvalue weighted by molar-refractivity contribution is 7.87. The monoisotopic (exact) mass is 207 g/mol. The van der Waals surface area contributed by atoms with E-state index in [9.17, 15) is 8.42 Å². The summed E-state index contributed by atoms with van der Waals surface area (Å²) in [5.74, 6) is 0. The Morgan fingerprint density at radius 1 is 1.31 bits per heavy atom. The zero-order valence-corrected chi connectivity index (χ0v) is 8.89. The highest BCUT2D eigenvalue weighted by Crippen LogP contribution is 2.17. The standard InChI is InChI=1S/C7H17N3O2S/c1-10(2)13(11,12)9-6-5-8-7-3-4-7/h7-9H,3-6H2,1-2H3. The first-order valence-corrected chi connectivity index (χ1v) is 5.87. The molecular formula is C7H17N3O2S. The maximum atomic E-state index is 11.2. The molecule has 6 heteroatoms. The normalized spacial score (nSPS) is 18.1. The smallest absolute Gasteiger partial charge is 0.278 e. The fourth-order valence-corrected chi connectivity index (χ4v) is 1.49. The number of nitrogens with zero attached hydrogens (tertiary/aromatic N) is 1. The van der Waals surface area contributed by atoms with Gasteiger partial charge in [0.25, 0.3) is 10.2 Å². The van der Waals surface area contributed by atoms with E-state index in [0.29, 0.717) is 19.1 Å². The lowest BCUT2D eigenvalue weighted by Crippen LogP contribution is -2.39. The third-order valence-electron chi connectivity index (χ3n) is 1.90. The molecule has 0 spiro atoms. The van der Waals surface area contributed by atoms with Crippen LogP contribution in [0.4, 0.5) is 0 Å². The molecule has 2 N–H and O–H groups in total. The summed E-state index contributed by atoms with van der Waals surface area (Å²) in [4.78, 5) is 0. The molecule has 1 fully saturated rings. The Balaban J connectivity index is 2.09. The van der Waals surface area contributed by atoms with Crippen molar-refractivity contribution < 1.29 is 8.42 Å². The van der Waals surface area contributed by atoms with E-state index >= 15 is 0 Å². The second-order valence-corrected chi connectivity index (χ2v) is 5.38. The van der Waals surface area contributed by atoms with E-state index in [1.807, 2.05) is 0 Å². The van der Waals surface area contributed by atoms with E-state index in [-0.39, 0.29) is 0 Å². The molecule has 0 unspecified atom stereocenters. The maximum absolute atomic E-state index is 11.2. The van der Waals surface area contributed by atoms with E-state index < -0.39 is 10.2 Å². The van der Waals surface area contributed by atoms with Crippen LogP contribution in [0.15, 0.2) is 0 Å². The lowest BCUT2D eigenvalue weighted by molar-refractivity contribution is 0.503. The molecule has 0 aromatic heterocycles. The minimum atomic E-state index is -3.23. The minimum absolute atomic E-state index is 0.455. The lowest BCUT2D eigenvalue weighted by Gasteiger charge is -2.12. The summed E-state index contributed by atoms with van der Waals surface area (Å²) in [5, 5.41) is 3.22. The Labute approximate surface area is 79.7 Å². The van der Waals surface area contributed by atoms with Crippen molar-refractivity contribution in [1.29, 1.82) is 0 Å². The summed E-state index contributed by atoms with van der Waals surface area (Å²) < 4.78 is 26.0. The topological polar surface area (TPSA) is 61.4 Å². The Morgan fingerprint density at radius 3 is 2.38 bits per heavy atom. The summed E-state index contributed by atoms with van der Waals surface area (Å²) in [6.07, 6.45) is 2.45. The van der Waals surface area contributed by atoms with E-state index in [0.717, 1.165) is 0 Å². The highest BCUT2D eigenvalue weighted by atomic mass is 32.2. The molecule has 78 valence electrons. The van der Waals surface area contributed by atoms with Crippen molar-refractivity contribution in [1.82, 2.24) is 14.3 Å². The van der Waals surface area contributed by atoms with Gasteiger partial charge in [-0.2, -0.15) is 12.7 Å². The van der Waals surface area contributed by atoms with E-state index in [1.165, 1.54) is 31.2 Å². The molecule has 5 nitrogen and oxygen atoms in total. The highest BCUT2D eigenvalue weighted by Gasteiger charge is 2.20. The molecule has 1 aliphatic rings. The average molecular weight is 207 g/mol. The fraction of sp³-hybridized carbons (Fsp3) is 1.00. The van der Waals surface area contributed by atoms with Crippen LogP contribution < -0.4 is 10.0 Å². The zero-order chi connectivity index (χ0) is 9.90. The molecule has 1 saturated carbocycles. The van der Waals surface area contributed by atoms with Crippen molar-refractivity contribution >= 4 is 10.2 Å². The quantitative estimate of drug-likeness (QED) is 0.557. The molecule has 0 saturated heterocycles. The van der Waals surface area contributed by atoms with Crippen LogP contribution in [0.1, 0.15) is 12.8 Å². The van der Waals surface area contributed by atoms with Crippen molar-refractivity contribution in [2.45, 2.75) is 18.9 Å². The molecular weight excluding hydrogens is 190 g/mol. The second kappa shape index (κ2) is 4.36. The molecule has 0 radical (unpaired) electrons. The Hall–Kier alpha value is -0.170. The number of rotatable bonds is 6. The summed E-state index contributed by atoms with van der Waals surface area (Å²) in [7, 11) is -0.211. The predicted octanol–water partition coefficient (Wildman–Crippen LogP) is -0.866. The first-order chi connectivity index (χ1) is 6.02. The van der Waals surface area contributed by atoms with Crippen LogP contribution in [0.5, 0.6) is 0 Å². The van der Waals surface area contributed by atoms with E-state index in [1.54, 1.807) is 0 Å². The molecule has 0 amide bonds. The first-order valence-electron chi connectivity index (χ1n) is 4.43. The molecule has 0 heterocycles. The Morgan fingerprint density at radius 2 is 1.92 bits per heavy atom. The molecule has 1 rings (SSSR count). The second-order valence-electron chi connectivity index (χ2n) is 3.41. The van der Waals surface area contributed by atoms with Gasteiger partial charge in [0.2, 0.25) is 0 Å². The Kier molecular flexibility index (Phi) is 3.66. The largest absolute Gasteiger partial charge is 0.313 e. The van der Waals surface area contributed by atoms with Crippen LogP contribution in [0.2, 0.25) is 0 Å². The van der Waals surface area contributed by atoms with Gasteiger partial charge in [-0.3, -0.25) is 0 Å². The maximum Gasteiger partial charge on any atom is 0.278 e. The molecule has 0 aromatic rings. The van der Waals surface area contributed by atoms with Crippen LogP contribution in [0.3, 0.4) is 0 Å². The van der Waals surface area contributed by atoms with E-state index in [4.69, 9.17) is 0 Å². The van der Waals surface area contributed by atoms with Gasteiger partial charge in [0.15, 0.2) is 0 Å². The third kappa shape index (κ3) is 4.04. The SMILES string of the molecule is CN(C)S(=O)(=O)NCCNC1CC1. The fourth-order valence-electron chi connectivity index (χ4n) is 0.873. The Bertz CT molecular complexity index is 246. The van der Waals surface area contributed by atoms with Crippen molar-refractivity contribution in [3.63, 3.8) is 0 Å². The first kappa shape index (κ1) is 10.9. The van der Waals surface area contributed by atoms with Gasteiger partial charge in [-0.25, -0.2) is 4.72 Å². The molecule has 0 aliphatic heterocycles.